The van der Waals surface area contributed by atoms with Crippen LogP contribution in [-0.4, -0.2) is 40.0 Å². The fourth-order valence-corrected chi connectivity index (χ4v) is 3.43. The number of nitrogen functional groups attached to an aromatic ring is 2. The molecule has 0 aliphatic heterocycles. The second-order valence-corrected chi connectivity index (χ2v) is 7.22. The summed E-state index contributed by atoms with van der Waals surface area (Å²) in [6.45, 7) is 0. The molecule has 0 atom stereocenters. The zero-order valence-electron chi connectivity index (χ0n) is 16.1. The standard InChI is InChI=1S/C13H11N5.C8H17N/c14-12-4-2-9(6-16-12)8-1-3-11-10(5-8)13(15)18-7-17-11;1-9(2)8-6-4-3-5-7-8/h1-7H,(H2,14,16)(H2,15,17,18);8H,3-7H2,1-2H3. The molecule has 6 nitrogen and oxygen atoms in total. The van der Waals surface area contributed by atoms with Crippen molar-refractivity contribution in [3.05, 3.63) is 42.9 Å². The van der Waals surface area contributed by atoms with Gasteiger partial charge in [0, 0.05) is 23.2 Å². The molecule has 0 spiro atoms. The average molecular weight is 364 g/mol. The largest absolute Gasteiger partial charge is 0.384 e. The molecule has 1 fully saturated rings. The molecule has 4 N–H and O–H groups in total. The van der Waals surface area contributed by atoms with Crippen molar-refractivity contribution in [2.45, 2.75) is 38.1 Å². The van der Waals surface area contributed by atoms with Gasteiger partial charge in [0.2, 0.25) is 0 Å². The van der Waals surface area contributed by atoms with E-state index in [1.165, 1.54) is 38.4 Å². The van der Waals surface area contributed by atoms with Crippen molar-refractivity contribution in [3.63, 3.8) is 0 Å². The van der Waals surface area contributed by atoms with E-state index in [-0.39, 0.29) is 0 Å². The molecular formula is C21H28N6. The number of pyridine rings is 1. The highest BCUT2D eigenvalue weighted by Crippen LogP contribution is 2.25. The number of anilines is 2. The molecule has 142 valence electrons. The van der Waals surface area contributed by atoms with Gasteiger partial charge in [-0.1, -0.05) is 25.3 Å². The molecule has 0 amide bonds. The molecule has 27 heavy (non-hydrogen) atoms. The molecule has 2 aromatic heterocycles. The van der Waals surface area contributed by atoms with Crippen molar-refractivity contribution in [2.24, 2.45) is 0 Å². The second kappa shape index (κ2) is 8.77. The summed E-state index contributed by atoms with van der Waals surface area (Å²) in [5.41, 5.74) is 14.2. The zero-order chi connectivity index (χ0) is 19.2. The Labute approximate surface area is 160 Å². The predicted octanol–water partition coefficient (Wildman–Crippen LogP) is 3.74. The Kier molecular flexibility index (Phi) is 6.19. The topological polar surface area (TPSA) is 94.0 Å². The van der Waals surface area contributed by atoms with Gasteiger partial charge in [-0.2, -0.15) is 0 Å². The Morgan fingerprint density at radius 1 is 0.889 bits per heavy atom. The van der Waals surface area contributed by atoms with Crippen LogP contribution in [0.3, 0.4) is 0 Å². The molecule has 1 aliphatic rings. The van der Waals surface area contributed by atoms with Gasteiger partial charge in [0.25, 0.3) is 0 Å². The lowest BCUT2D eigenvalue weighted by atomic mass is 9.95. The van der Waals surface area contributed by atoms with Crippen molar-refractivity contribution in [2.75, 3.05) is 25.6 Å². The van der Waals surface area contributed by atoms with Crippen LogP contribution in [0, 0.1) is 0 Å². The van der Waals surface area contributed by atoms with Crippen LogP contribution < -0.4 is 11.5 Å². The Morgan fingerprint density at radius 3 is 2.26 bits per heavy atom. The summed E-state index contributed by atoms with van der Waals surface area (Å²) in [6, 6.07) is 10.4. The van der Waals surface area contributed by atoms with Gasteiger partial charge in [-0.25, -0.2) is 15.0 Å². The summed E-state index contributed by atoms with van der Waals surface area (Å²) < 4.78 is 0. The van der Waals surface area contributed by atoms with Crippen LogP contribution in [0.2, 0.25) is 0 Å². The third kappa shape index (κ3) is 4.92. The second-order valence-electron chi connectivity index (χ2n) is 7.22. The maximum atomic E-state index is 5.84. The lowest BCUT2D eigenvalue weighted by Crippen LogP contribution is -2.29. The van der Waals surface area contributed by atoms with Crippen LogP contribution in [0.15, 0.2) is 42.9 Å². The van der Waals surface area contributed by atoms with Gasteiger partial charge in [-0.3, -0.25) is 0 Å². The summed E-state index contributed by atoms with van der Waals surface area (Å²) >= 11 is 0. The van der Waals surface area contributed by atoms with Gasteiger partial charge in [-0.15, -0.1) is 0 Å². The van der Waals surface area contributed by atoms with Crippen LogP contribution in [0.5, 0.6) is 0 Å². The first-order valence-electron chi connectivity index (χ1n) is 9.43. The number of benzene rings is 1. The van der Waals surface area contributed by atoms with E-state index in [0.29, 0.717) is 11.6 Å². The predicted molar refractivity (Wildman–Crippen MR) is 112 cm³/mol. The van der Waals surface area contributed by atoms with Gasteiger partial charge >= 0.3 is 0 Å². The summed E-state index contributed by atoms with van der Waals surface area (Å²) in [4.78, 5) is 14.6. The highest BCUT2D eigenvalue weighted by atomic mass is 15.1. The number of aromatic nitrogens is 3. The van der Waals surface area contributed by atoms with Gasteiger partial charge in [0.05, 0.1) is 5.52 Å². The van der Waals surface area contributed by atoms with E-state index in [1.807, 2.05) is 24.3 Å². The van der Waals surface area contributed by atoms with Gasteiger partial charge < -0.3 is 16.4 Å². The lowest BCUT2D eigenvalue weighted by Gasteiger charge is -2.27. The average Bonchev–Trinajstić information content (AvgIpc) is 2.70. The molecule has 0 bridgehead atoms. The quantitative estimate of drug-likeness (QED) is 0.719. The molecular weight excluding hydrogens is 336 g/mol. The first kappa shape index (κ1) is 19.0. The fraction of sp³-hybridized carbons (Fsp3) is 0.381. The number of hydrogen-bond acceptors (Lipinski definition) is 6. The molecule has 4 rings (SSSR count). The molecule has 0 radical (unpaired) electrons. The summed E-state index contributed by atoms with van der Waals surface area (Å²) in [5, 5.41) is 0.840. The molecule has 0 saturated heterocycles. The zero-order valence-corrected chi connectivity index (χ0v) is 16.1. The lowest BCUT2D eigenvalue weighted by molar-refractivity contribution is 0.229. The summed E-state index contributed by atoms with van der Waals surface area (Å²) in [7, 11) is 4.38. The summed E-state index contributed by atoms with van der Waals surface area (Å²) in [5.74, 6) is 0.979. The number of nitrogens with zero attached hydrogens (tertiary/aromatic N) is 4. The van der Waals surface area contributed by atoms with Crippen molar-refractivity contribution in [1.82, 2.24) is 19.9 Å². The Balaban J connectivity index is 0.000000197. The number of fused-ring (bicyclic) bond motifs is 1. The number of rotatable bonds is 2. The van der Waals surface area contributed by atoms with Crippen molar-refractivity contribution >= 4 is 22.5 Å². The first-order valence-corrected chi connectivity index (χ1v) is 9.43. The molecule has 0 unspecified atom stereocenters. The van der Waals surface area contributed by atoms with Crippen molar-refractivity contribution in [3.8, 4) is 11.1 Å². The van der Waals surface area contributed by atoms with E-state index in [9.17, 15) is 0 Å². The van der Waals surface area contributed by atoms with E-state index in [4.69, 9.17) is 11.5 Å². The van der Waals surface area contributed by atoms with Gasteiger partial charge in [0.1, 0.15) is 18.0 Å². The van der Waals surface area contributed by atoms with Crippen LogP contribution >= 0.6 is 0 Å². The Hall–Kier alpha value is -2.73. The maximum Gasteiger partial charge on any atom is 0.134 e. The Morgan fingerprint density at radius 2 is 1.63 bits per heavy atom. The molecule has 1 aliphatic carbocycles. The molecule has 3 aromatic rings. The fourth-order valence-electron chi connectivity index (χ4n) is 3.43. The first-order chi connectivity index (χ1) is 13.0. The SMILES string of the molecule is CN(C)C1CCCCC1.Nc1ccc(-c2ccc3ncnc(N)c3c2)cn1. The van der Waals surface area contributed by atoms with Gasteiger partial charge in [0.15, 0.2) is 0 Å². The minimum Gasteiger partial charge on any atom is -0.384 e. The smallest absolute Gasteiger partial charge is 0.134 e. The van der Waals surface area contributed by atoms with E-state index < -0.39 is 0 Å². The molecule has 2 heterocycles. The highest BCUT2D eigenvalue weighted by Gasteiger charge is 2.14. The van der Waals surface area contributed by atoms with Crippen LogP contribution in [0.25, 0.3) is 22.0 Å². The van der Waals surface area contributed by atoms with Crippen molar-refractivity contribution in [1.29, 1.82) is 0 Å². The van der Waals surface area contributed by atoms with Crippen LogP contribution in [0.1, 0.15) is 32.1 Å². The minimum absolute atomic E-state index is 0.477. The summed E-state index contributed by atoms with van der Waals surface area (Å²) in [6.07, 6.45) is 10.4. The third-order valence-electron chi connectivity index (χ3n) is 5.09. The van der Waals surface area contributed by atoms with Gasteiger partial charge in [-0.05, 0) is 56.8 Å². The van der Waals surface area contributed by atoms with E-state index in [0.717, 1.165) is 28.1 Å². The monoisotopic (exact) mass is 364 g/mol. The minimum atomic E-state index is 0.477. The third-order valence-corrected chi connectivity index (χ3v) is 5.09. The molecule has 6 heteroatoms. The van der Waals surface area contributed by atoms with E-state index in [1.54, 1.807) is 12.3 Å². The van der Waals surface area contributed by atoms with E-state index in [2.05, 4.69) is 33.9 Å². The normalized spacial score (nSPS) is 14.8. The highest BCUT2D eigenvalue weighted by molar-refractivity contribution is 5.91. The van der Waals surface area contributed by atoms with Crippen molar-refractivity contribution < 1.29 is 0 Å². The Bertz CT molecular complexity index is 869. The van der Waals surface area contributed by atoms with Crippen LogP contribution in [-0.2, 0) is 0 Å². The van der Waals surface area contributed by atoms with E-state index >= 15 is 0 Å². The number of hydrogen-bond donors (Lipinski definition) is 2. The number of nitrogens with two attached hydrogens (primary N) is 2. The maximum absolute atomic E-state index is 5.84. The van der Waals surface area contributed by atoms with Crippen LogP contribution in [0.4, 0.5) is 11.6 Å². The molecule has 1 aromatic carbocycles. The molecule has 1 saturated carbocycles.